The van der Waals surface area contributed by atoms with E-state index in [0.717, 1.165) is 30.0 Å². The van der Waals surface area contributed by atoms with Crippen molar-refractivity contribution in [2.45, 2.75) is 13.0 Å². The molecule has 0 aliphatic carbocycles. The van der Waals surface area contributed by atoms with Crippen LogP contribution in [0.1, 0.15) is 27.5 Å². The fourth-order valence-electron chi connectivity index (χ4n) is 2.94. The number of hydrogen-bond acceptors (Lipinski definition) is 4. The number of amides is 1. The van der Waals surface area contributed by atoms with Gasteiger partial charge in [0.05, 0.1) is 13.2 Å². The second kappa shape index (κ2) is 6.79. The highest BCUT2D eigenvalue weighted by Gasteiger charge is 2.29. The van der Waals surface area contributed by atoms with Crippen LogP contribution in [0.4, 0.5) is 0 Å². The third-order valence-electron chi connectivity index (χ3n) is 4.23. The van der Waals surface area contributed by atoms with Crippen LogP contribution in [0.3, 0.4) is 0 Å². The predicted molar refractivity (Wildman–Crippen MR) is 88.6 cm³/mol. The van der Waals surface area contributed by atoms with Crippen LogP contribution in [0.5, 0.6) is 5.75 Å². The van der Waals surface area contributed by atoms with Crippen molar-refractivity contribution < 1.29 is 9.53 Å². The lowest BCUT2D eigenvalue weighted by atomic mass is 10.0. The zero-order valence-corrected chi connectivity index (χ0v) is 13.5. The van der Waals surface area contributed by atoms with E-state index in [4.69, 9.17) is 4.74 Å². The minimum absolute atomic E-state index is 0.00255. The van der Waals surface area contributed by atoms with Gasteiger partial charge in [-0.2, -0.15) is 0 Å². The van der Waals surface area contributed by atoms with Gasteiger partial charge in [-0.15, -0.1) is 0 Å². The molecule has 1 aromatic heterocycles. The Balaban J connectivity index is 1.90. The SMILES string of the molecule is COc1cc(C(=O)N2CCNCC2c2cccnc2)ccc1C. The standard InChI is InChI=1S/C18H21N3O2/c1-13-5-6-14(10-17(13)23-2)18(22)21-9-8-20-12-16(21)15-4-3-7-19-11-15/h3-7,10-11,16,20H,8-9,12H2,1-2H3. The van der Waals surface area contributed by atoms with Crippen LogP contribution in [0.25, 0.3) is 0 Å². The summed E-state index contributed by atoms with van der Waals surface area (Å²) in [5.74, 6) is 0.766. The third-order valence-corrected chi connectivity index (χ3v) is 4.23. The molecule has 0 radical (unpaired) electrons. The molecule has 1 unspecified atom stereocenters. The van der Waals surface area contributed by atoms with E-state index in [0.29, 0.717) is 12.1 Å². The molecule has 1 amide bonds. The maximum atomic E-state index is 13.0. The summed E-state index contributed by atoms with van der Waals surface area (Å²) in [6.45, 7) is 4.18. The number of rotatable bonds is 3. The zero-order valence-electron chi connectivity index (χ0n) is 13.5. The first kappa shape index (κ1) is 15.5. The van der Waals surface area contributed by atoms with Gasteiger partial charge in [-0.3, -0.25) is 9.78 Å². The van der Waals surface area contributed by atoms with Crippen molar-refractivity contribution in [3.63, 3.8) is 0 Å². The number of ether oxygens (including phenoxy) is 1. The molecule has 23 heavy (non-hydrogen) atoms. The van der Waals surface area contributed by atoms with Crippen LogP contribution in [0, 0.1) is 6.92 Å². The van der Waals surface area contributed by atoms with Gasteiger partial charge in [-0.05, 0) is 36.2 Å². The monoisotopic (exact) mass is 311 g/mol. The summed E-state index contributed by atoms with van der Waals surface area (Å²) in [5, 5.41) is 3.35. The molecule has 1 fully saturated rings. The van der Waals surface area contributed by atoms with Crippen molar-refractivity contribution in [3.05, 3.63) is 59.4 Å². The molecule has 5 nitrogen and oxygen atoms in total. The van der Waals surface area contributed by atoms with Crippen LogP contribution >= 0.6 is 0 Å². The summed E-state index contributed by atoms with van der Waals surface area (Å²) in [4.78, 5) is 19.1. The first-order chi connectivity index (χ1) is 11.2. The van der Waals surface area contributed by atoms with E-state index in [-0.39, 0.29) is 11.9 Å². The number of carbonyl (C=O) groups excluding carboxylic acids is 1. The summed E-state index contributed by atoms with van der Waals surface area (Å²) in [7, 11) is 1.62. The van der Waals surface area contributed by atoms with Gasteiger partial charge in [0, 0.05) is 37.6 Å². The lowest BCUT2D eigenvalue weighted by molar-refractivity contribution is 0.0633. The zero-order chi connectivity index (χ0) is 16.2. The summed E-state index contributed by atoms with van der Waals surface area (Å²) in [6, 6.07) is 9.52. The highest BCUT2D eigenvalue weighted by atomic mass is 16.5. The Hall–Kier alpha value is -2.40. The quantitative estimate of drug-likeness (QED) is 0.944. The number of aromatic nitrogens is 1. The molecule has 0 saturated carbocycles. The van der Waals surface area contributed by atoms with Crippen molar-refractivity contribution in [2.24, 2.45) is 0 Å². The van der Waals surface area contributed by atoms with E-state index in [1.54, 1.807) is 13.3 Å². The number of aryl methyl sites for hydroxylation is 1. The molecule has 3 rings (SSSR count). The second-order valence-corrected chi connectivity index (χ2v) is 5.69. The van der Waals surface area contributed by atoms with Gasteiger partial charge >= 0.3 is 0 Å². The van der Waals surface area contributed by atoms with Gasteiger partial charge in [-0.1, -0.05) is 12.1 Å². The van der Waals surface area contributed by atoms with Gasteiger partial charge in [0.25, 0.3) is 5.91 Å². The summed E-state index contributed by atoms with van der Waals surface area (Å²) < 4.78 is 5.34. The third kappa shape index (κ3) is 3.19. The topological polar surface area (TPSA) is 54.5 Å². The van der Waals surface area contributed by atoms with Gasteiger partial charge in [0.15, 0.2) is 0 Å². The largest absolute Gasteiger partial charge is 0.496 e. The molecule has 1 aliphatic rings. The second-order valence-electron chi connectivity index (χ2n) is 5.69. The predicted octanol–water partition coefficient (Wildman–Crippen LogP) is 2.19. The number of nitrogens with one attached hydrogen (secondary N) is 1. The highest BCUT2D eigenvalue weighted by Crippen LogP contribution is 2.26. The minimum atomic E-state index is -0.00255. The Morgan fingerprint density at radius 1 is 1.39 bits per heavy atom. The molecular formula is C18H21N3O2. The number of pyridine rings is 1. The van der Waals surface area contributed by atoms with Crippen LogP contribution in [-0.4, -0.2) is 42.5 Å². The van der Waals surface area contributed by atoms with Crippen molar-refractivity contribution in [2.75, 3.05) is 26.7 Å². The van der Waals surface area contributed by atoms with E-state index in [1.807, 2.05) is 48.4 Å². The van der Waals surface area contributed by atoms with Crippen LogP contribution in [0.15, 0.2) is 42.7 Å². The average Bonchev–Trinajstić information content (AvgIpc) is 2.62. The normalized spacial score (nSPS) is 17.8. The Morgan fingerprint density at radius 2 is 2.26 bits per heavy atom. The van der Waals surface area contributed by atoms with E-state index < -0.39 is 0 Å². The summed E-state index contributed by atoms with van der Waals surface area (Å²) in [6.07, 6.45) is 3.57. The van der Waals surface area contributed by atoms with Gasteiger partial charge in [0.2, 0.25) is 0 Å². The molecule has 120 valence electrons. The van der Waals surface area contributed by atoms with E-state index in [2.05, 4.69) is 10.3 Å². The Bertz CT molecular complexity index is 688. The molecule has 0 bridgehead atoms. The number of methoxy groups -OCH3 is 1. The first-order valence-electron chi connectivity index (χ1n) is 7.77. The molecule has 1 aliphatic heterocycles. The van der Waals surface area contributed by atoms with E-state index >= 15 is 0 Å². The number of hydrogen-bond donors (Lipinski definition) is 1. The Morgan fingerprint density at radius 3 is 3.00 bits per heavy atom. The van der Waals surface area contributed by atoms with Crippen molar-refractivity contribution >= 4 is 5.91 Å². The van der Waals surface area contributed by atoms with Crippen LogP contribution in [0.2, 0.25) is 0 Å². The molecule has 1 N–H and O–H groups in total. The van der Waals surface area contributed by atoms with Crippen molar-refractivity contribution in [1.82, 2.24) is 15.2 Å². The highest BCUT2D eigenvalue weighted by molar-refractivity contribution is 5.95. The molecule has 0 spiro atoms. The molecule has 2 aromatic rings. The first-order valence-corrected chi connectivity index (χ1v) is 7.77. The van der Waals surface area contributed by atoms with Crippen LogP contribution in [-0.2, 0) is 0 Å². The van der Waals surface area contributed by atoms with Gasteiger partial charge in [0.1, 0.15) is 5.75 Å². The maximum absolute atomic E-state index is 13.0. The van der Waals surface area contributed by atoms with Crippen molar-refractivity contribution in [3.8, 4) is 5.75 Å². The average molecular weight is 311 g/mol. The minimum Gasteiger partial charge on any atom is -0.496 e. The number of carbonyl (C=O) groups is 1. The molecule has 1 aromatic carbocycles. The van der Waals surface area contributed by atoms with Gasteiger partial charge < -0.3 is 15.0 Å². The number of piperazine rings is 1. The Kier molecular flexibility index (Phi) is 4.57. The Labute approximate surface area is 136 Å². The van der Waals surface area contributed by atoms with E-state index in [9.17, 15) is 4.79 Å². The maximum Gasteiger partial charge on any atom is 0.254 e. The van der Waals surface area contributed by atoms with Crippen molar-refractivity contribution in [1.29, 1.82) is 0 Å². The fourth-order valence-corrected chi connectivity index (χ4v) is 2.94. The van der Waals surface area contributed by atoms with Crippen LogP contribution < -0.4 is 10.1 Å². The molecule has 1 atom stereocenters. The summed E-state index contributed by atoms with van der Waals surface area (Å²) >= 11 is 0. The lowest BCUT2D eigenvalue weighted by Crippen LogP contribution is -2.48. The molecule has 5 heteroatoms. The van der Waals surface area contributed by atoms with E-state index in [1.165, 1.54) is 0 Å². The van der Waals surface area contributed by atoms with Gasteiger partial charge in [-0.25, -0.2) is 0 Å². The molecular weight excluding hydrogens is 290 g/mol. The number of benzene rings is 1. The lowest BCUT2D eigenvalue weighted by Gasteiger charge is -2.36. The number of nitrogens with zero attached hydrogens (tertiary/aromatic N) is 2. The molecule has 2 heterocycles. The smallest absolute Gasteiger partial charge is 0.254 e. The molecule has 1 saturated heterocycles. The summed E-state index contributed by atoms with van der Waals surface area (Å²) in [5.41, 5.74) is 2.73. The fraction of sp³-hybridized carbons (Fsp3) is 0.333.